The minimum atomic E-state index is -0.432. The van der Waals surface area contributed by atoms with Crippen LogP contribution in [-0.2, 0) is 10.3 Å². The number of likely N-dealkylation sites (tertiary alicyclic amines) is 1. The summed E-state index contributed by atoms with van der Waals surface area (Å²) < 4.78 is 25.6. The summed E-state index contributed by atoms with van der Waals surface area (Å²) in [5.41, 5.74) is 1.92. The van der Waals surface area contributed by atoms with E-state index in [9.17, 15) is 4.79 Å². The molecule has 1 spiro atoms. The Morgan fingerprint density at radius 1 is 1.03 bits per heavy atom. The molecule has 1 saturated heterocycles. The molecule has 2 aliphatic rings. The lowest BCUT2D eigenvalue weighted by Crippen LogP contribution is -2.50. The summed E-state index contributed by atoms with van der Waals surface area (Å²) in [5.74, 6) is 1.98. The molecule has 1 fully saturated rings. The van der Waals surface area contributed by atoms with Gasteiger partial charge in [-0.2, -0.15) is 0 Å². The van der Waals surface area contributed by atoms with E-state index in [1.54, 1.807) is 32.4 Å². The molecule has 5 rings (SSSR count). The Hall–Kier alpha value is -3.45. The fourth-order valence-corrected chi connectivity index (χ4v) is 4.81. The summed E-state index contributed by atoms with van der Waals surface area (Å²) in [7, 11) is 3.23. The maximum absolute atomic E-state index is 13.4. The minimum absolute atomic E-state index is 0.0199. The van der Waals surface area contributed by atoms with Crippen molar-refractivity contribution in [1.82, 2.24) is 9.47 Å². The van der Waals surface area contributed by atoms with Gasteiger partial charge in [-0.15, -0.1) is 0 Å². The van der Waals surface area contributed by atoms with E-state index in [0.29, 0.717) is 36.8 Å². The summed E-state index contributed by atoms with van der Waals surface area (Å²) in [6.45, 7) is 5.48. The predicted octanol–water partition coefficient (Wildman–Crippen LogP) is 4.81. The standard InChI is InChI=1S/C28H32N2O5/c1-27(2,33-4)19-34-23-12-11-20(18-24(23)32-3)26(31)29-16-13-28(14-17-29)25-10-7-15-30(25)21-8-5-6-9-22(21)35-28/h5-12,15,18H,13-14,16-17,19H2,1-4H3. The number of rotatable bonds is 6. The first-order valence-electron chi connectivity index (χ1n) is 12.0. The smallest absolute Gasteiger partial charge is 0.253 e. The maximum atomic E-state index is 13.4. The number of hydrogen-bond donors (Lipinski definition) is 0. The summed E-state index contributed by atoms with van der Waals surface area (Å²) in [6, 6.07) is 17.6. The number of carbonyl (C=O) groups is 1. The molecule has 3 aromatic rings. The molecule has 184 valence electrons. The van der Waals surface area contributed by atoms with Gasteiger partial charge in [0.25, 0.3) is 5.91 Å². The number of carbonyl (C=O) groups excluding carboxylic acids is 1. The minimum Gasteiger partial charge on any atom is -0.493 e. The average Bonchev–Trinajstić information content (AvgIpc) is 3.39. The van der Waals surface area contributed by atoms with Crippen LogP contribution in [0, 0.1) is 0 Å². The SMILES string of the molecule is COc1cc(C(=O)N2CCC3(CC2)Oc2ccccc2-n2cccc23)ccc1OCC(C)(C)OC. The van der Waals surface area contributed by atoms with E-state index in [4.69, 9.17) is 18.9 Å². The van der Waals surface area contributed by atoms with Crippen LogP contribution in [0.3, 0.4) is 0 Å². The number of para-hydroxylation sites is 2. The van der Waals surface area contributed by atoms with Gasteiger partial charge in [0, 0.05) is 44.8 Å². The van der Waals surface area contributed by atoms with Crippen LogP contribution in [0.1, 0.15) is 42.7 Å². The molecular weight excluding hydrogens is 444 g/mol. The Kier molecular flexibility index (Phi) is 5.97. The number of aromatic nitrogens is 1. The van der Waals surface area contributed by atoms with E-state index in [-0.39, 0.29) is 5.91 Å². The second-order valence-corrected chi connectivity index (χ2v) is 9.74. The van der Waals surface area contributed by atoms with Crippen molar-refractivity contribution in [3.05, 3.63) is 72.1 Å². The second kappa shape index (κ2) is 8.96. The van der Waals surface area contributed by atoms with Gasteiger partial charge in [0.1, 0.15) is 12.4 Å². The fraction of sp³-hybridized carbons (Fsp3) is 0.393. The van der Waals surface area contributed by atoms with E-state index < -0.39 is 11.2 Å². The normalized spacial score (nSPS) is 16.3. The highest BCUT2D eigenvalue weighted by atomic mass is 16.5. The quantitative estimate of drug-likeness (QED) is 0.511. The number of hydrogen-bond acceptors (Lipinski definition) is 5. The van der Waals surface area contributed by atoms with Crippen molar-refractivity contribution < 1.29 is 23.7 Å². The van der Waals surface area contributed by atoms with Crippen LogP contribution in [0.15, 0.2) is 60.8 Å². The molecule has 0 N–H and O–H groups in total. The predicted molar refractivity (Wildman–Crippen MR) is 133 cm³/mol. The highest BCUT2D eigenvalue weighted by molar-refractivity contribution is 5.95. The first kappa shape index (κ1) is 23.3. The monoisotopic (exact) mass is 476 g/mol. The zero-order valence-corrected chi connectivity index (χ0v) is 20.7. The second-order valence-electron chi connectivity index (χ2n) is 9.74. The first-order valence-corrected chi connectivity index (χ1v) is 12.0. The number of nitrogens with zero attached hydrogens (tertiary/aromatic N) is 2. The molecule has 35 heavy (non-hydrogen) atoms. The summed E-state index contributed by atoms with van der Waals surface area (Å²) in [4.78, 5) is 15.3. The molecule has 2 aromatic carbocycles. The number of ether oxygens (including phenoxy) is 4. The van der Waals surface area contributed by atoms with E-state index in [1.165, 1.54) is 0 Å². The van der Waals surface area contributed by atoms with E-state index >= 15 is 0 Å². The number of piperidine rings is 1. The lowest BCUT2D eigenvalue weighted by atomic mass is 9.86. The molecule has 1 amide bonds. The van der Waals surface area contributed by atoms with Gasteiger partial charge in [-0.25, -0.2) is 0 Å². The molecule has 3 heterocycles. The molecule has 0 bridgehead atoms. The van der Waals surface area contributed by atoms with Crippen LogP contribution in [0.4, 0.5) is 0 Å². The maximum Gasteiger partial charge on any atom is 0.253 e. The zero-order valence-electron chi connectivity index (χ0n) is 20.7. The topological polar surface area (TPSA) is 62.2 Å². The van der Waals surface area contributed by atoms with Crippen LogP contribution < -0.4 is 14.2 Å². The van der Waals surface area contributed by atoms with Crippen LogP contribution in [0.25, 0.3) is 5.69 Å². The van der Waals surface area contributed by atoms with Crippen LogP contribution in [0.2, 0.25) is 0 Å². The zero-order chi connectivity index (χ0) is 24.6. The molecule has 2 aliphatic heterocycles. The van der Waals surface area contributed by atoms with Gasteiger partial charge >= 0.3 is 0 Å². The fourth-order valence-electron chi connectivity index (χ4n) is 4.81. The lowest BCUT2D eigenvalue weighted by molar-refractivity contribution is -0.0152. The van der Waals surface area contributed by atoms with Gasteiger partial charge < -0.3 is 28.4 Å². The first-order chi connectivity index (χ1) is 16.9. The lowest BCUT2D eigenvalue weighted by Gasteiger charge is -2.45. The largest absolute Gasteiger partial charge is 0.493 e. The number of amides is 1. The van der Waals surface area contributed by atoms with E-state index in [0.717, 1.165) is 30.0 Å². The Labute approximate surface area is 206 Å². The molecule has 0 unspecified atom stereocenters. The third-order valence-electron chi connectivity index (χ3n) is 7.04. The Morgan fingerprint density at radius 3 is 2.54 bits per heavy atom. The number of fused-ring (bicyclic) bond motifs is 4. The molecule has 7 heteroatoms. The van der Waals surface area contributed by atoms with Crippen LogP contribution >= 0.6 is 0 Å². The van der Waals surface area contributed by atoms with E-state index in [2.05, 4.69) is 29.0 Å². The summed E-state index contributed by atoms with van der Waals surface area (Å²) >= 11 is 0. The van der Waals surface area contributed by atoms with Gasteiger partial charge in [0.2, 0.25) is 0 Å². The van der Waals surface area contributed by atoms with Gasteiger partial charge in [-0.05, 0) is 56.3 Å². The highest BCUT2D eigenvalue weighted by Gasteiger charge is 2.44. The van der Waals surface area contributed by atoms with Crippen LogP contribution in [-0.4, -0.2) is 54.9 Å². The van der Waals surface area contributed by atoms with Gasteiger partial charge in [0.15, 0.2) is 17.1 Å². The Bertz CT molecular complexity index is 1220. The number of benzene rings is 2. The van der Waals surface area contributed by atoms with Crippen molar-refractivity contribution >= 4 is 5.91 Å². The third kappa shape index (κ3) is 4.25. The molecule has 0 aliphatic carbocycles. The Balaban J connectivity index is 1.30. The van der Waals surface area contributed by atoms with Gasteiger partial charge in [-0.1, -0.05) is 12.1 Å². The van der Waals surface area contributed by atoms with Crippen molar-refractivity contribution in [2.24, 2.45) is 0 Å². The molecule has 1 aromatic heterocycles. The molecular formula is C28H32N2O5. The van der Waals surface area contributed by atoms with Gasteiger partial charge in [0.05, 0.1) is 24.1 Å². The van der Waals surface area contributed by atoms with Gasteiger partial charge in [-0.3, -0.25) is 4.79 Å². The average molecular weight is 477 g/mol. The number of methoxy groups -OCH3 is 2. The summed E-state index contributed by atoms with van der Waals surface area (Å²) in [5, 5.41) is 0. The molecule has 0 atom stereocenters. The highest BCUT2D eigenvalue weighted by Crippen LogP contribution is 2.45. The van der Waals surface area contributed by atoms with Crippen molar-refractivity contribution in [3.63, 3.8) is 0 Å². The van der Waals surface area contributed by atoms with E-state index in [1.807, 2.05) is 36.9 Å². The van der Waals surface area contributed by atoms with Crippen molar-refractivity contribution in [1.29, 1.82) is 0 Å². The third-order valence-corrected chi connectivity index (χ3v) is 7.04. The van der Waals surface area contributed by atoms with Crippen molar-refractivity contribution in [2.45, 2.75) is 37.9 Å². The molecule has 7 nitrogen and oxygen atoms in total. The van der Waals surface area contributed by atoms with Crippen LogP contribution in [0.5, 0.6) is 17.2 Å². The molecule has 0 saturated carbocycles. The Morgan fingerprint density at radius 2 is 1.80 bits per heavy atom. The van der Waals surface area contributed by atoms with Crippen molar-refractivity contribution in [3.8, 4) is 22.9 Å². The summed E-state index contributed by atoms with van der Waals surface area (Å²) in [6.07, 6.45) is 3.53. The van der Waals surface area contributed by atoms with Crippen molar-refractivity contribution in [2.75, 3.05) is 33.9 Å². The molecule has 0 radical (unpaired) electrons.